The van der Waals surface area contributed by atoms with Gasteiger partial charge in [0, 0.05) is 10.9 Å². The first-order valence-electron chi connectivity index (χ1n) is 8.34. The highest BCUT2D eigenvalue weighted by atomic mass is 32.2. The van der Waals surface area contributed by atoms with Crippen molar-refractivity contribution in [3.05, 3.63) is 45.1 Å². The van der Waals surface area contributed by atoms with E-state index < -0.39 is 0 Å². The lowest BCUT2D eigenvalue weighted by Gasteiger charge is -2.12. The van der Waals surface area contributed by atoms with Gasteiger partial charge < -0.3 is 9.47 Å². The first kappa shape index (κ1) is 19.4. The quantitative estimate of drug-likeness (QED) is 0.340. The highest BCUT2D eigenvalue weighted by molar-refractivity contribution is 7.98. The smallest absolute Gasteiger partial charge is 0.263 e. The molecule has 2 heterocycles. The summed E-state index contributed by atoms with van der Waals surface area (Å²) in [6, 6.07) is 6.87. The third-order valence-corrected chi connectivity index (χ3v) is 6.06. The van der Waals surface area contributed by atoms with Crippen LogP contribution >= 0.6 is 23.1 Å². The maximum absolute atomic E-state index is 13.0. The molecular weight excluding hydrogens is 384 g/mol. The number of thiophene rings is 1. The predicted molar refractivity (Wildman–Crippen MR) is 109 cm³/mol. The fraction of sp³-hybridized carbons (Fsp3) is 0.316. The van der Waals surface area contributed by atoms with Crippen molar-refractivity contribution in [1.82, 2.24) is 9.55 Å². The Morgan fingerprint density at radius 2 is 2.04 bits per heavy atom. The average molecular weight is 405 g/mol. The highest BCUT2D eigenvalue weighted by Crippen LogP contribution is 2.27. The molecule has 0 amide bonds. The van der Waals surface area contributed by atoms with Crippen molar-refractivity contribution in [3.63, 3.8) is 0 Å². The van der Waals surface area contributed by atoms with Gasteiger partial charge in [-0.3, -0.25) is 14.2 Å². The molecule has 0 bridgehead atoms. The SMILES string of the molecule is CCc1cc2c(=O)n(CC(=O)c3ccc(OC)cc3OC)c(SC)nc2s1. The number of aromatic nitrogens is 2. The number of Topliss-reactive ketones (excluding diaryl/α,β-unsaturated/α-hetero) is 1. The van der Waals surface area contributed by atoms with Gasteiger partial charge in [0.2, 0.25) is 0 Å². The monoisotopic (exact) mass is 404 g/mol. The Morgan fingerprint density at radius 3 is 2.67 bits per heavy atom. The van der Waals surface area contributed by atoms with Crippen LogP contribution in [0.4, 0.5) is 0 Å². The third-order valence-electron chi connectivity index (χ3n) is 4.21. The van der Waals surface area contributed by atoms with Crippen LogP contribution in [0.15, 0.2) is 34.2 Å². The van der Waals surface area contributed by atoms with Crippen molar-refractivity contribution in [1.29, 1.82) is 0 Å². The fourth-order valence-electron chi connectivity index (χ4n) is 2.77. The summed E-state index contributed by atoms with van der Waals surface area (Å²) >= 11 is 2.87. The second-order valence-corrected chi connectivity index (χ2v) is 7.65. The van der Waals surface area contributed by atoms with Crippen LogP contribution in [-0.4, -0.2) is 35.8 Å². The number of hydrogen-bond acceptors (Lipinski definition) is 7. The molecule has 2 aromatic heterocycles. The Bertz CT molecular complexity index is 1060. The zero-order valence-electron chi connectivity index (χ0n) is 15.6. The molecule has 3 aromatic rings. The zero-order chi connectivity index (χ0) is 19.6. The second-order valence-electron chi connectivity index (χ2n) is 5.76. The topological polar surface area (TPSA) is 70.4 Å². The van der Waals surface area contributed by atoms with Gasteiger partial charge >= 0.3 is 0 Å². The van der Waals surface area contributed by atoms with Gasteiger partial charge in [-0.2, -0.15) is 0 Å². The second kappa shape index (κ2) is 8.14. The molecule has 0 saturated heterocycles. The van der Waals surface area contributed by atoms with Crippen molar-refractivity contribution in [2.45, 2.75) is 25.0 Å². The van der Waals surface area contributed by atoms with Crippen LogP contribution in [0, 0.1) is 0 Å². The molecule has 142 valence electrons. The van der Waals surface area contributed by atoms with Gasteiger partial charge in [-0.15, -0.1) is 11.3 Å². The van der Waals surface area contributed by atoms with Crippen LogP contribution in [0.25, 0.3) is 10.2 Å². The van der Waals surface area contributed by atoms with Crippen LogP contribution in [0.1, 0.15) is 22.2 Å². The molecule has 0 saturated carbocycles. The minimum Gasteiger partial charge on any atom is -0.497 e. The Labute approximate surface area is 165 Å². The summed E-state index contributed by atoms with van der Waals surface area (Å²) in [4.78, 5) is 32.3. The molecule has 0 atom stereocenters. The van der Waals surface area contributed by atoms with Crippen LogP contribution in [0.5, 0.6) is 11.5 Å². The summed E-state index contributed by atoms with van der Waals surface area (Å²) in [6.07, 6.45) is 2.69. The Balaban J connectivity index is 2.04. The zero-order valence-corrected chi connectivity index (χ0v) is 17.2. The van der Waals surface area contributed by atoms with Crippen molar-refractivity contribution in [3.8, 4) is 11.5 Å². The number of thioether (sulfide) groups is 1. The Morgan fingerprint density at radius 1 is 1.26 bits per heavy atom. The van der Waals surface area contributed by atoms with E-state index in [1.165, 1.54) is 34.8 Å². The number of carbonyl (C=O) groups excluding carboxylic acids is 1. The lowest BCUT2D eigenvalue weighted by molar-refractivity contribution is 0.0964. The molecule has 8 heteroatoms. The molecule has 6 nitrogen and oxygen atoms in total. The summed E-state index contributed by atoms with van der Waals surface area (Å²) in [5.41, 5.74) is 0.207. The van der Waals surface area contributed by atoms with Crippen LogP contribution in [0.2, 0.25) is 0 Å². The Kier molecular flexibility index (Phi) is 5.86. The molecule has 0 spiro atoms. The van der Waals surface area contributed by atoms with Crippen LogP contribution < -0.4 is 15.0 Å². The molecule has 0 aliphatic heterocycles. The van der Waals surface area contributed by atoms with Gasteiger partial charge in [0.05, 0.1) is 31.7 Å². The maximum Gasteiger partial charge on any atom is 0.263 e. The lowest BCUT2D eigenvalue weighted by Crippen LogP contribution is -2.26. The number of ketones is 1. The minimum absolute atomic E-state index is 0.0993. The molecule has 0 aliphatic rings. The van der Waals surface area contributed by atoms with Crippen LogP contribution in [0.3, 0.4) is 0 Å². The molecule has 0 N–H and O–H groups in total. The van der Waals surface area contributed by atoms with Crippen molar-refractivity contribution in [2.75, 3.05) is 20.5 Å². The molecule has 0 aliphatic carbocycles. The normalized spacial score (nSPS) is 11.0. The molecular formula is C19H20N2O4S2. The number of methoxy groups -OCH3 is 2. The van der Waals surface area contributed by atoms with E-state index in [1.807, 2.05) is 19.2 Å². The molecule has 0 fully saturated rings. The van der Waals surface area contributed by atoms with E-state index in [0.717, 1.165) is 11.3 Å². The van der Waals surface area contributed by atoms with Crippen LogP contribution in [-0.2, 0) is 13.0 Å². The standard InChI is InChI=1S/C19H20N2O4S2/c1-5-12-9-14-17(27-12)20-19(26-4)21(18(14)23)10-15(22)13-7-6-11(24-2)8-16(13)25-3/h6-9H,5,10H2,1-4H3. The van der Waals surface area contributed by atoms with E-state index in [9.17, 15) is 9.59 Å². The Hall–Kier alpha value is -2.32. The number of aryl methyl sites for hydroxylation is 1. The van der Waals surface area contributed by atoms with Gasteiger partial charge in [-0.25, -0.2) is 4.98 Å². The number of nitrogens with zero attached hydrogens (tertiary/aromatic N) is 2. The summed E-state index contributed by atoms with van der Waals surface area (Å²) in [7, 11) is 3.04. The molecule has 0 unspecified atom stereocenters. The van der Waals surface area contributed by atoms with E-state index in [2.05, 4.69) is 4.98 Å². The largest absolute Gasteiger partial charge is 0.497 e. The summed E-state index contributed by atoms with van der Waals surface area (Å²) in [5, 5.41) is 1.09. The van der Waals surface area contributed by atoms with Crippen molar-refractivity contribution < 1.29 is 14.3 Å². The highest BCUT2D eigenvalue weighted by Gasteiger charge is 2.19. The van der Waals surface area contributed by atoms with E-state index in [4.69, 9.17) is 9.47 Å². The first-order chi connectivity index (χ1) is 13.0. The molecule has 0 radical (unpaired) electrons. The lowest BCUT2D eigenvalue weighted by atomic mass is 10.1. The summed E-state index contributed by atoms with van der Waals surface area (Å²) in [6.45, 7) is 1.94. The minimum atomic E-state index is -0.223. The number of rotatable bonds is 7. The number of fused-ring (bicyclic) bond motifs is 1. The number of ether oxygens (including phenoxy) is 2. The molecule has 3 rings (SSSR count). The first-order valence-corrected chi connectivity index (χ1v) is 10.4. The number of benzene rings is 1. The van der Waals surface area contributed by atoms with Gasteiger partial charge in [-0.1, -0.05) is 18.7 Å². The molecule has 27 heavy (non-hydrogen) atoms. The number of hydrogen-bond donors (Lipinski definition) is 0. The third kappa shape index (κ3) is 3.72. The summed E-state index contributed by atoms with van der Waals surface area (Å²) in [5.74, 6) is 0.786. The maximum atomic E-state index is 13.0. The van der Waals surface area contributed by atoms with Gasteiger partial charge in [-0.05, 0) is 30.9 Å². The number of carbonyl (C=O) groups is 1. The van der Waals surface area contributed by atoms with Crippen molar-refractivity contribution in [2.24, 2.45) is 0 Å². The predicted octanol–water partition coefficient (Wildman–Crippen LogP) is 3.64. The fourth-order valence-corrected chi connectivity index (χ4v) is 4.34. The van der Waals surface area contributed by atoms with E-state index in [-0.39, 0.29) is 17.9 Å². The van der Waals surface area contributed by atoms with Gasteiger partial charge in [0.1, 0.15) is 16.3 Å². The van der Waals surface area contributed by atoms with Gasteiger partial charge in [0.25, 0.3) is 5.56 Å². The van der Waals surface area contributed by atoms with Crippen molar-refractivity contribution >= 4 is 39.1 Å². The van der Waals surface area contributed by atoms with E-state index >= 15 is 0 Å². The molecule has 1 aromatic carbocycles. The van der Waals surface area contributed by atoms with E-state index in [0.29, 0.717) is 32.4 Å². The summed E-state index contributed by atoms with van der Waals surface area (Å²) < 4.78 is 11.9. The average Bonchev–Trinajstić information content (AvgIpc) is 3.12. The van der Waals surface area contributed by atoms with E-state index in [1.54, 1.807) is 25.3 Å². The van der Waals surface area contributed by atoms with Gasteiger partial charge in [0.15, 0.2) is 10.9 Å².